The SMILES string of the molecule is C=CCN(C(=O)[C@@H]1[C@@H]2CCC3(O2)C(C(=O)N(CC=C)C(C)CCC)N([C@@H](CO)CC(C)C)C(=O)[C@H]13)c1ccccc1. The van der Waals surface area contributed by atoms with E-state index in [1.165, 1.54) is 0 Å². The first-order valence-electron chi connectivity index (χ1n) is 15.2. The van der Waals surface area contributed by atoms with Gasteiger partial charge in [-0.15, -0.1) is 13.2 Å². The highest BCUT2D eigenvalue weighted by molar-refractivity contribution is 6.03. The predicted molar refractivity (Wildman–Crippen MR) is 160 cm³/mol. The summed E-state index contributed by atoms with van der Waals surface area (Å²) < 4.78 is 6.69. The van der Waals surface area contributed by atoms with Crippen LogP contribution in [0.1, 0.15) is 59.8 Å². The quantitative estimate of drug-likeness (QED) is 0.342. The minimum Gasteiger partial charge on any atom is -0.394 e. The van der Waals surface area contributed by atoms with Crippen LogP contribution in [0.4, 0.5) is 5.69 Å². The summed E-state index contributed by atoms with van der Waals surface area (Å²) in [5, 5.41) is 10.5. The number of likely N-dealkylation sites (tertiary alicyclic amines) is 1. The fraction of sp³-hybridized carbons (Fsp3) is 0.606. The summed E-state index contributed by atoms with van der Waals surface area (Å²) in [4.78, 5) is 48.5. The van der Waals surface area contributed by atoms with Gasteiger partial charge in [0.2, 0.25) is 17.7 Å². The molecule has 3 fully saturated rings. The molecule has 0 aliphatic carbocycles. The van der Waals surface area contributed by atoms with E-state index in [0.29, 0.717) is 32.4 Å². The number of hydrogen-bond donors (Lipinski definition) is 1. The van der Waals surface area contributed by atoms with Crippen LogP contribution < -0.4 is 4.90 Å². The largest absolute Gasteiger partial charge is 0.394 e. The lowest BCUT2D eigenvalue weighted by Crippen LogP contribution is -2.60. The zero-order chi connectivity index (χ0) is 29.9. The molecule has 224 valence electrons. The van der Waals surface area contributed by atoms with E-state index in [0.717, 1.165) is 18.5 Å². The molecule has 0 saturated carbocycles. The molecule has 3 aliphatic rings. The first-order chi connectivity index (χ1) is 19.7. The predicted octanol–water partition coefficient (Wildman–Crippen LogP) is 4.19. The second-order valence-electron chi connectivity index (χ2n) is 12.3. The molecule has 41 heavy (non-hydrogen) atoms. The molecule has 3 aliphatic heterocycles. The molecule has 3 amide bonds. The summed E-state index contributed by atoms with van der Waals surface area (Å²) in [5.41, 5.74) is -0.395. The van der Waals surface area contributed by atoms with Gasteiger partial charge in [-0.25, -0.2) is 0 Å². The lowest BCUT2D eigenvalue weighted by Gasteiger charge is -2.41. The number of benzene rings is 1. The number of aliphatic hydroxyl groups is 1. The molecule has 8 nitrogen and oxygen atoms in total. The van der Waals surface area contributed by atoms with Crippen LogP contribution in [0.3, 0.4) is 0 Å². The highest BCUT2D eigenvalue weighted by Crippen LogP contribution is 2.59. The maximum absolute atomic E-state index is 14.6. The van der Waals surface area contributed by atoms with Crippen molar-refractivity contribution >= 4 is 23.4 Å². The van der Waals surface area contributed by atoms with Crippen molar-refractivity contribution in [3.05, 3.63) is 55.6 Å². The van der Waals surface area contributed by atoms with Gasteiger partial charge in [-0.2, -0.15) is 0 Å². The van der Waals surface area contributed by atoms with Gasteiger partial charge in [-0.05, 0) is 50.7 Å². The topological polar surface area (TPSA) is 90.4 Å². The van der Waals surface area contributed by atoms with Crippen LogP contribution in [-0.2, 0) is 19.1 Å². The molecule has 3 unspecified atom stereocenters. The molecular weight excluding hydrogens is 518 g/mol. The fourth-order valence-corrected chi connectivity index (χ4v) is 7.46. The van der Waals surface area contributed by atoms with Gasteiger partial charge in [0.05, 0.1) is 30.6 Å². The molecule has 1 aromatic rings. The third-order valence-corrected chi connectivity index (χ3v) is 9.10. The van der Waals surface area contributed by atoms with Crippen LogP contribution in [0.2, 0.25) is 0 Å². The standard InChI is InChI=1S/C33H47N3O5/c1-7-13-23(6)34(18-8-2)32(40)29-33-17-16-26(41-33)27(28(33)31(39)36(29)25(21-37)20-22(4)5)30(38)35(19-9-3)24-14-11-10-12-15-24/h8-12,14-15,22-23,25-29,37H,2-3,7,13,16-21H2,1,4-6H3/t23?,25-,26+,27-,28+,29?,33?/m1/s1. The van der Waals surface area contributed by atoms with E-state index in [1.54, 1.807) is 26.9 Å². The Morgan fingerprint density at radius 1 is 1.15 bits per heavy atom. The number of amides is 3. The van der Waals surface area contributed by atoms with Gasteiger partial charge in [0.1, 0.15) is 11.6 Å². The number of carbonyl (C=O) groups is 3. The van der Waals surface area contributed by atoms with Gasteiger partial charge in [0.15, 0.2) is 0 Å². The Bertz CT molecular complexity index is 1120. The molecule has 1 aromatic carbocycles. The number of nitrogens with zero attached hydrogens (tertiary/aromatic N) is 3. The summed E-state index contributed by atoms with van der Waals surface area (Å²) >= 11 is 0. The van der Waals surface area contributed by atoms with E-state index in [4.69, 9.17) is 4.74 Å². The zero-order valence-electron chi connectivity index (χ0n) is 25.1. The Labute approximate surface area is 245 Å². The first-order valence-corrected chi connectivity index (χ1v) is 15.2. The zero-order valence-corrected chi connectivity index (χ0v) is 25.1. The molecule has 3 heterocycles. The number of aliphatic hydroxyl groups excluding tert-OH is 1. The lowest BCUT2D eigenvalue weighted by molar-refractivity contribution is -0.152. The number of carbonyl (C=O) groups excluding carboxylic acids is 3. The monoisotopic (exact) mass is 565 g/mol. The minimum atomic E-state index is -1.12. The summed E-state index contributed by atoms with van der Waals surface area (Å²) in [5.74, 6) is -1.99. The van der Waals surface area contributed by atoms with E-state index in [1.807, 2.05) is 51.1 Å². The van der Waals surface area contributed by atoms with Gasteiger partial charge in [-0.3, -0.25) is 14.4 Å². The van der Waals surface area contributed by atoms with Crippen molar-refractivity contribution in [3.8, 4) is 0 Å². The first kappa shape index (κ1) is 31.0. The van der Waals surface area contributed by atoms with Crippen molar-refractivity contribution in [3.63, 3.8) is 0 Å². The van der Waals surface area contributed by atoms with Crippen LogP contribution in [0, 0.1) is 17.8 Å². The molecule has 7 atom stereocenters. The molecule has 1 N–H and O–H groups in total. The Balaban J connectivity index is 1.80. The number of para-hydroxylation sites is 1. The van der Waals surface area contributed by atoms with Gasteiger partial charge >= 0.3 is 0 Å². The smallest absolute Gasteiger partial charge is 0.248 e. The number of rotatable bonds is 14. The van der Waals surface area contributed by atoms with Crippen LogP contribution >= 0.6 is 0 Å². The summed E-state index contributed by atoms with van der Waals surface area (Å²) in [6.45, 7) is 16.3. The number of fused-ring (bicyclic) bond motifs is 1. The molecule has 8 heteroatoms. The molecule has 1 spiro atoms. The maximum atomic E-state index is 14.6. The minimum absolute atomic E-state index is 0.0622. The number of ether oxygens (including phenoxy) is 1. The van der Waals surface area contributed by atoms with E-state index in [2.05, 4.69) is 20.1 Å². The third kappa shape index (κ3) is 5.48. The summed E-state index contributed by atoms with van der Waals surface area (Å²) in [7, 11) is 0. The van der Waals surface area contributed by atoms with E-state index < -0.39 is 35.6 Å². The average Bonchev–Trinajstić information content (AvgIpc) is 3.60. The fourth-order valence-electron chi connectivity index (χ4n) is 7.46. The van der Waals surface area contributed by atoms with Gasteiger partial charge in [-0.1, -0.05) is 57.5 Å². The third-order valence-electron chi connectivity index (χ3n) is 9.10. The Hall–Kier alpha value is -2.97. The molecule has 3 saturated heterocycles. The number of hydrogen-bond acceptors (Lipinski definition) is 5. The second kappa shape index (κ2) is 12.9. The molecule has 4 rings (SSSR count). The van der Waals surface area contributed by atoms with Crippen molar-refractivity contribution in [2.75, 3.05) is 24.6 Å². The van der Waals surface area contributed by atoms with E-state index in [-0.39, 0.29) is 36.3 Å². The van der Waals surface area contributed by atoms with Gasteiger partial charge < -0.3 is 24.5 Å². The maximum Gasteiger partial charge on any atom is 0.248 e. The summed E-state index contributed by atoms with van der Waals surface area (Å²) in [6, 6.07) is 7.84. The van der Waals surface area contributed by atoms with Crippen LogP contribution in [0.25, 0.3) is 0 Å². The molecule has 0 radical (unpaired) electrons. The van der Waals surface area contributed by atoms with Crippen LogP contribution in [-0.4, -0.2) is 82.2 Å². The van der Waals surface area contributed by atoms with Crippen molar-refractivity contribution in [1.82, 2.24) is 9.80 Å². The Morgan fingerprint density at radius 3 is 2.41 bits per heavy atom. The van der Waals surface area contributed by atoms with Gasteiger partial charge in [0.25, 0.3) is 0 Å². The van der Waals surface area contributed by atoms with E-state index in [9.17, 15) is 19.5 Å². The Morgan fingerprint density at radius 2 is 1.83 bits per heavy atom. The Kier molecular flexibility index (Phi) is 9.75. The van der Waals surface area contributed by atoms with Crippen molar-refractivity contribution in [2.45, 2.75) is 89.6 Å². The summed E-state index contributed by atoms with van der Waals surface area (Å²) in [6.07, 6.45) is 6.29. The molecule has 0 aromatic heterocycles. The second-order valence-corrected chi connectivity index (χ2v) is 12.3. The van der Waals surface area contributed by atoms with Crippen molar-refractivity contribution < 1.29 is 24.2 Å². The molecular formula is C33H47N3O5. The van der Waals surface area contributed by atoms with Crippen LogP contribution in [0.15, 0.2) is 55.6 Å². The average molecular weight is 566 g/mol. The number of anilines is 1. The highest BCUT2D eigenvalue weighted by atomic mass is 16.5. The van der Waals surface area contributed by atoms with Gasteiger partial charge in [0, 0.05) is 24.8 Å². The van der Waals surface area contributed by atoms with E-state index >= 15 is 0 Å². The molecule has 2 bridgehead atoms. The highest BCUT2D eigenvalue weighted by Gasteiger charge is 2.75. The van der Waals surface area contributed by atoms with Crippen molar-refractivity contribution in [2.24, 2.45) is 17.8 Å². The lowest BCUT2D eigenvalue weighted by atomic mass is 9.70. The van der Waals surface area contributed by atoms with Crippen molar-refractivity contribution in [1.29, 1.82) is 0 Å². The normalized spacial score (nSPS) is 28.0. The van der Waals surface area contributed by atoms with Crippen LogP contribution in [0.5, 0.6) is 0 Å².